The van der Waals surface area contributed by atoms with Crippen molar-refractivity contribution >= 4 is 11.0 Å². The molecule has 4 fully saturated rings. The number of allylic oxidation sites excluding steroid dienone is 2. The van der Waals surface area contributed by atoms with Crippen molar-refractivity contribution in [3.63, 3.8) is 0 Å². The molecule has 1 aromatic heterocycles. The average molecular weight is 965 g/mol. The molecule has 19 atom stereocenters. The highest BCUT2D eigenvalue weighted by Gasteiger charge is 2.51. The molecular weight excluding hydrogens is 900 g/mol. The highest BCUT2D eigenvalue weighted by atomic mass is 16.7. The number of fused-ring (bicyclic) bond motifs is 1. The number of phenolic OH excluding ortho intramolecular Hbond substituents is 1. The van der Waals surface area contributed by atoms with Crippen LogP contribution in [0.1, 0.15) is 51.7 Å². The smallest absolute Gasteiger partial charge is 0.229 e. The van der Waals surface area contributed by atoms with Crippen LogP contribution >= 0.6 is 0 Å². The molecule has 0 radical (unpaired) electrons. The number of aromatic hydroxyl groups is 1. The third-order valence-electron chi connectivity index (χ3n) is 13.4. The SMILES string of the molecule is COc1ccc(-c2oc3c(CC=C(C)C)c(O[C@@H]4O[C@@H](CO)[C@@H](O)[C@@H](O)[C@H]4O[C@@H]4C[C@@H](CO)[C@@H](O)[C@H](O)[C@H]4O)cc(O)c3c(=O)c2C[C@H]2O[C@H](C)[C@H](O)C[C@@H]2O[C@H]2O[C@H](C)[C@H](O)[C@H](O)[C@H]2O)cc1. The van der Waals surface area contributed by atoms with Crippen molar-refractivity contribution in [1.82, 2.24) is 0 Å². The van der Waals surface area contributed by atoms with Gasteiger partial charge in [0.15, 0.2) is 11.7 Å². The Labute approximate surface area is 390 Å². The van der Waals surface area contributed by atoms with Crippen LogP contribution in [0.25, 0.3) is 22.3 Å². The Bertz CT molecular complexity index is 2260. The summed E-state index contributed by atoms with van der Waals surface area (Å²) in [5.74, 6) is -1.24. The molecule has 3 saturated heterocycles. The number of rotatable bonds is 14. The maximum Gasteiger partial charge on any atom is 0.229 e. The first-order chi connectivity index (χ1) is 32.3. The highest BCUT2D eigenvalue weighted by molar-refractivity contribution is 5.90. The van der Waals surface area contributed by atoms with E-state index in [-0.39, 0.29) is 59.3 Å². The lowest BCUT2D eigenvalue weighted by molar-refractivity contribution is -0.321. The Balaban J connectivity index is 1.34. The molecule has 7 rings (SSSR count). The third kappa shape index (κ3) is 10.4. The Morgan fingerprint density at radius 3 is 2.06 bits per heavy atom. The number of aliphatic hydroxyl groups is 11. The van der Waals surface area contributed by atoms with Crippen LogP contribution < -0.4 is 14.9 Å². The van der Waals surface area contributed by atoms with Crippen LogP contribution in [0.15, 0.2) is 51.2 Å². The minimum Gasteiger partial charge on any atom is -0.507 e. The molecule has 2 aromatic carbocycles. The zero-order chi connectivity index (χ0) is 49.5. The summed E-state index contributed by atoms with van der Waals surface area (Å²) in [6.07, 6.45) is -24.5. The summed E-state index contributed by atoms with van der Waals surface area (Å²) in [4.78, 5) is 15.1. The fourth-order valence-corrected chi connectivity index (χ4v) is 9.25. The molecule has 1 saturated carbocycles. The number of aliphatic hydroxyl groups excluding tert-OH is 11. The van der Waals surface area contributed by atoms with E-state index in [4.69, 9.17) is 37.6 Å². The Kier molecular flexibility index (Phi) is 16.5. The molecule has 0 amide bonds. The molecule has 4 aliphatic rings. The van der Waals surface area contributed by atoms with E-state index in [1.165, 1.54) is 14.0 Å². The van der Waals surface area contributed by atoms with Crippen LogP contribution in [0.4, 0.5) is 0 Å². The first-order valence-electron chi connectivity index (χ1n) is 22.7. The average Bonchev–Trinajstić information content (AvgIpc) is 3.31. The molecule has 3 aromatic rings. The number of hydrogen-bond acceptors (Lipinski definition) is 21. The zero-order valence-electron chi connectivity index (χ0n) is 38.2. The maximum absolute atomic E-state index is 15.1. The monoisotopic (exact) mass is 964 g/mol. The summed E-state index contributed by atoms with van der Waals surface area (Å²) in [5, 5.41) is 129. The van der Waals surface area contributed by atoms with Gasteiger partial charge in [-0.05, 0) is 64.8 Å². The molecule has 21 heteroatoms. The topological polar surface area (TPSA) is 338 Å². The van der Waals surface area contributed by atoms with Crippen LogP contribution in [0.5, 0.6) is 17.2 Å². The molecule has 4 heterocycles. The molecule has 378 valence electrons. The Morgan fingerprint density at radius 1 is 0.721 bits per heavy atom. The van der Waals surface area contributed by atoms with Gasteiger partial charge in [-0.25, -0.2) is 0 Å². The van der Waals surface area contributed by atoms with Gasteiger partial charge in [0.25, 0.3) is 0 Å². The fraction of sp³-hybridized carbons (Fsp3) is 0.638. The fourth-order valence-electron chi connectivity index (χ4n) is 9.25. The number of methoxy groups -OCH3 is 1. The van der Waals surface area contributed by atoms with E-state index in [1.54, 1.807) is 37.3 Å². The lowest BCUT2D eigenvalue weighted by Gasteiger charge is -2.46. The molecule has 21 nitrogen and oxygen atoms in total. The van der Waals surface area contributed by atoms with Gasteiger partial charge in [-0.1, -0.05) is 11.6 Å². The van der Waals surface area contributed by atoms with Gasteiger partial charge in [0.1, 0.15) is 88.9 Å². The second-order valence-electron chi connectivity index (χ2n) is 18.4. The first-order valence-corrected chi connectivity index (χ1v) is 22.7. The van der Waals surface area contributed by atoms with Crippen LogP contribution in [0.2, 0.25) is 0 Å². The first kappa shape index (κ1) is 52.0. The van der Waals surface area contributed by atoms with Crippen LogP contribution in [0, 0.1) is 5.92 Å². The molecule has 68 heavy (non-hydrogen) atoms. The summed E-state index contributed by atoms with van der Waals surface area (Å²) < 4.78 is 48.7. The van der Waals surface area contributed by atoms with Crippen molar-refractivity contribution in [3.05, 3.63) is 63.3 Å². The molecule has 0 bridgehead atoms. The van der Waals surface area contributed by atoms with Gasteiger partial charge in [-0.3, -0.25) is 4.79 Å². The largest absolute Gasteiger partial charge is 0.507 e. The second-order valence-corrected chi connectivity index (χ2v) is 18.4. The minimum atomic E-state index is -1.85. The Morgan fingerprint density at radius 2 is 1.41 bits per heavy atom. The van der Waals surface area contributed by atoms with E-state index in [2.05, 4.69) is 0 Å². The summed E-state index contributed by atoms with van der Waals surface area (Å²) in [5.41, 5.74) is 0.540. The van der Waals surface area contributed by atoms with E-state index in [0.29, 0.717) is 11.3 Å². The molecular formula is C47H64O21. The number of benzene rings is 2. The van der Waals surface area contributed by atoms with E-state index >= 15 is 4.79 Å². The predicted octanol–water partition coefficient (Wildman–Crippen LogP) is -1.36. The van der Waals surface area contributed by atoms with Crippen molar-refractivity contribution in [1.29, 1.82) is 0 Å². The zero-order valence-corrected chi connectivity index (χ0v) is 38.2. The number of ether oxygens (including phenoxy) is 7. The van der Waals surface area contributed by atoms with Crippen LogP contribution in [-0.4, -0.2) is 192 Å². The predicted molar refractivity (Wildman–Crippen MR) is 235 cm³/mol. The summed E-state index contributed by atoms with van der Waals surface area (Å²) in [6.45, 7) is 5.38. The number of phenols is 1. The number of hydrogen-bond donors (Lipinski definition) is 12. The third-order valence-corrected chi connectivity index (χ3v) is 13.4. The standard InChI is InChI=1S/C47H64O21/c1-18(2)6-11-24-28(65-47-45(41(59)38(56)32(17-49)67-47)64-31-12-22(16-48)35(53)40(58)37(31)55)15-27(51)33-36(54)25(43(68-44(24)33)21-7-9-23(61-5)10-8-21)13-29-30(14-26(50)19(3)62-29)66-46-42(60)39(57)34(52)20(4)63-46/h6-10,15,19-20,22,26,29-32,34-35,37-42,45-53,55-60H,11-14,16-17H2,1-5H3/t19-,20-,22+,26-,29-,30+,31-,32+,34+,35-,37+,38-,39+,40+,41-,42-,45-,46-,47-/m1/s1. The molecule has 12 N–H and O–H groups in total. The van der Waals surface area contributed by atoms with Crippen molar-refractivity contribution in [2.75, 3.05) is 20.3 Å². The molecule has 3 aliphatic heterocycles. The van der Waals surface area contributed by atoms with Crippen molar-refractivity contribution in [2.24, 2.45) is 5.92 Å². The van der Waals surface area contributed by atoms with Crippen molar-refractivity contribution in [2.45, 2.75) is 164 Å². The van der Waals surface area contributed by atoms with Crippen molar-refractivity contribution in [3.8, 4) is 28.6 Å². The van der Waals surface area contributed by atoms with Crippen LogP contribution in [0.3, 0.4) is 0 Å². The lowest BCUT2D eigenvalue weighted by Crippen LogP contribution is -2.64. The summed E-state index contributed by atoms with van der Waals surface area (Å²) in [6, 6.07) is 7.68. The lowest BCUT2D eigenvalue weighted by atomic mass is 9.81. The van der Waals surface area contributed by atoms with Gasteiger partial charge < -0.3 is 98.9 Å². The molecule has 1 aliphatic carbocycles. The Hall–Kier alpha value is -3.85. The quantitative estimate of drug-likeness (QED) is 0.0831. The van der Waals surface area contributed by atoms with Crippen molar-refractivity contribution < 1.29 is 98.9 Å². The molecule has 0 unspecified atom stereocenters. The van der Waals surface area contributed by atoms with Gasteiger partial charge in [-0.15, -0.1) is 0 Å². The van der Waals surface area contributed by atoms with E-state index in [9.17, 15) is 61.3 Å². The molecule has 0 spiro atoms. The van der Waals surface area contributed by atoms with E-state index in [0.717, 1.165) is 11.6 Å². The maximum atomic E-state index is 15.1. The van der Waals surface area contributed by atoms with Gasteiger partial charge in [0, 0.05) is 48.1 Å². The van der Waals surface area contributed by atoms with Gasteiger partial charge in [0.2, 0.25) is 6.29 Å². The van der Waals surface area contributed by atoms with Gasteiger partial charge >= 0.3 is 0 Å². The minimum absolute atomic E-state index is 0.00225. The van der Waals surface area contributed by atoms with Crippen LogP contribution in [-0.2, 0) is 36.5 Å². The van der Waals surface area contributed by atoms with E-state index < -0.39 is 141 Å². The van der Waals surface area contributed by atoms with E-state index in [1.807, 2.05) is 13.8 Å². The van der Waals surface area contributed by atoms with Gasteiger partial charge in [-0.2, -0.15) is 0 Å². The van der Waals surface area contributed by atoms with Gasteiger partial charge in [0.05, 0.1) is 56.4 Å². The highest BCUT2D eigenvalue weighted by Crippen LogP contribution is 2.41. The second kappa shape index (κ2) is 21.6. The normalized spacial score (nSPS) is 37.7. The summed E-state index contributed by atoms with van der Waals surface area (Å²) >= 11 is 0. The summed E-state index contributed by atoms with van der Waals surface area (Å²) in [7, 11) is 1.48.